The van der Waals surface area contributed by atoms with Crippen LogP contribution in [0.3, 0.4) is 0 Å². The number of hydrogen-bond acceptors (Lipinski definition) is 4. The van der Waals surface area contributed by atoms with Gasteiger partial charge >= 0.3 is 0 Å². The summed E-state index contributed by atoms with van der Waals surface area (Å²) < 4.78 is 23.6. The van der Waals surface area contributed by atoms with Gasteiger partial charge in [0, 0.05) is 19.1 Å². The van der Waals surface area contributed by atoms with Crippen molar-refractivity contribution in [2.24, 2.45) is 5.92 Å². The van der Waals surface area contributed by atoms with Crippen LogP contribution in [0.1, 0.15) is 39.5 Å². The van der Waals surface area contributed by atoms with E-state index in [0.717, 1.165) is 38.9 Å². The van der Waals surface area contributed by atoms with E-state index in [1.807, 2.05) is 6.08 Å². The summed E-state index contributed by atoms with van der Waals surface area (Å²) >= 11 is 0. The van der Waals surface area contributed by atoms with Gasteiger partial charge in [-0.25, -0.2) is 0 Å². The first-order valence-corrected chi connectivity index (χ1v) is 7.94. The summed E-state index contributed by atoms with van der Waals surface area (Å²) in [5, 5.41) is 0. The van der Waals surface area contributed by atoms with Crippen LogP contribution >= 0.6 is 0 Å². The summed E-state index contributed by atoms with van der Waals surface area (Å²) in [6.07, 6.45) is 6.00. The van der Waals surface area contributed by atoms with E-state index in [2.05, 4.69) is 20.4 Å². The summed E-state index contributed by atoms with van der Waals surface area (Å²) in [4.78, 5) is 0. The Labute approximate surface area is 122 Å². The predicted octanol–water partition coefficient (Wildman–Crippen LogP) is 2.91. The molecule has 4 nitrogen and oxygen atoms in total. The fourth-order valence-electron chi connectivity index (χ4n) is 2.81. The molecule has 2 saturated heterocycles. The number of hydrogen-bond donors (Lipinski definition) is 0. The molecule has 0 radical (unpaired) electrons. The molecule has 0 aromatic carbocycles. The van der Waals surface area contributed by atoms with E-state index in [9.17, 15) is 0 Å². The SMILES string of the molecule is C=C[C@@H]1[C@H](OCCCC)[C@@H]2OC[C@H](O2)[C@H]1OCCCC. The molecule has 0 amide bonds. The first-order chi connectivity index (χ1) is 9.81. The third-order valence-electron chi connectivity index (χ3n) is 4.02. The van der Waals surface area contributed by atoms with Crippen LogP contribution in [0.2, 0.25) is 0 Å². The minimum Gasteiger partial charge on any atom is -0.375 e. The highest BCUT2D eigenvalue weighted by Crippen LogP contribution is 2.36. The summed E-state index contributed by atoms with van der Waals surface area (Å²) in [5.41, 5.74) is 0. The third kappa shape index (κ3) is 3.61. The molecule has 4 heteroatoms. The highest BCUT2D eigenvalue weighted by atomic mass is 16.8. The van der Waals surface area contributed by atoms with Crippen molar-refractivity contribution in [1.82, 2.24) is 0 Å². The Morgan fingerprint density at radius 3 is 2.35 bits per heavy atom. The molecular formula is C16H28O4. The lowest BCUT2D eigenvalue weighted by Gasteiger charge is -2.39. The van der Waals surface area contributed by atoms with Crippen molar-refractivity contribution in [2.75, 3.05) is 19.8 Å². The summed E-state index contributed by atoms with van der Waals surface area (Å²) in [6.45, 7) is 10.4. The first-order valence-electron chi connectivity index (χ1n) is 7.94. The number of unbranched alkanes of at least 4 members (excludes halogenated alkanes) is 2. The molecule has 2 aliphatic heterocycles. The van der Waals surface area contributed by atoms with Crippen LogP contribution in [0.5, 0.6) is 0 Å². The molecule has 20 heavy (non-hydrogen) atoms. The summed E-state index contributed by atoms with van der Waals surface area (Å²) in [6, 6.07) is 0. The second kappa shape index (κ2) is 8.13. The van der Waals surface area contributed by atoms with Crippen molar-refractivity contribution in [3.05, 3.63) is 12.7 Å². The lowest BCUT2D eigenvalue weighted by molar-refractivity contribution is -0.224. The fourth-order valence-corrected chi connectivity index (χ4v) is 2.81. The standard InChI is InChI=1S/C16H28O4/c1-4-7-9-17-14-12(6-3)15(18-10-8-5-2)16-19-11-13(14)20-16/h6,12-16H,3-5,7-11H2,1-2H3/t12-,13-,14-,15-,16+/m0/s1. The van der Waals surface area contributed by atoms with Gasteiger partial charge in [0.15, 0.2) is 6.29 Å². The van der Waals surface area contributed by atoms with Gasteiger partial charge in [-0.15, -0.1) is 6.58 Å². The number of fused-ring (bicyclic) bond motifs is 2. The number of ether oxygens (including phenoxy) is 4. The minimum absolute atomic E-state index is 0.00410. The molecule has 0 unspecified atom stereocenters. The molecule has 0 aromatic heterocycles. The van der Waals surface area contributed by atoms with Crippen LogP contribution in [0.15, 0.2) is 12.7 Å². The molecule has 0 aliphatic carbocycles. The lowest BCUT2D eigenvalue weighted by atomic mass is 9.90. The lowest BCUT2D eigenvalue weighted by Crippen LogP contribution is -2.51. The highest BCUT2D eigenvalue weighted by molar-refractivity contribution is 5.01. The molecule has 0 aromatic rings. The van der Waals surface area contributed by atoms with Gasteiger partial charge < -0.3 is 18.9 Å². The van der Waals surface area contributed by atoms with Crippen molar-refractivity contribution in [1.29, 1.82) is 0 Å². The van der Waals surface area contributed by atoms with Crippen molar-refractivity contribution >= 4 is 0 Å². The zero-order valence-electron chi connectivity index (χ0n) is 12.8. The van der Waals surface area contributed by atoms with E-state index in [0.29, 0.717) is 6.61 Å². The Bertz CT molecular complexity index is 270. The topological polar surface area (TPSA) is 36.9 Å². The highest BCUT2D eigenvalue weighted by Gasteiger charge is 2.50. The Hall–Kier alpha value is -0.420. The van der Waals surface area contributed by atoms with Crippen molar-refractivity contribution in [3.8, 4) is 0 Å². The molecule has 0 N–H and O–H groups in total. The first kappa shape index (κ1) is 16.0. The molecule has 2 bridgehead atoms. The average molecular weight is 284 g/mol. The fraction of sp³-hybridized carbons (Fsp3) is 0.875. The Kier molecular flexibility index (Phi) is 6.49. The minimum atomic E-state index is -0.258. The van der Waals surface area contributed by atoms with Crippen LogP contribution < -0.4 is 0 Å². The molecule has 2 heterocycles. The Balaban J connectivity index is 1.97. The van der Waals surface area contributed by atoms with E-state index in [4.69, 9.17) is 18.9 Å². The van der Waals surface area contributed by atoms with Gasteiger partial charge in [0.2, 0.25) is 0 Å². The smallest absolute Gasteiger partial charge is 0.185 e. The molecule has 2 fully saturated rings. The molecule has 0 spiro atoms. The van der Waals surface area contributed by atoms with Crippen LogP contribution in [-0.2, 0) is 18.9 Å². The molecule has 2 aliphatic rings. The zero-order valence-corrected chi connectivity index (χ0v) is 12.8. The van der Waals surface area contributed by atoms with Gasteiger partial charge in [0.25, 0.3) is 0 Å². The summed E-state index contributed by atoms with van der Waals surface area (Å²) in [5.74, 6) is 0.148. The van der Waals surface area contributed by atoms with Gasteiger partial charge in [-0.2, -0.15) is 0 Å². The van der Waals surface area contributed by atoms with Crippen molar-refractivity contribution in [3.63, 3.8) is 0 Å². The second-order valence-corrected chi connectivity index (χ2v) is 5.57. The van der Waals surface area contributed by atoms with E-state index in [1.165, 1.54) is 0 Å². The third-order valence-corrected chi connectivity index (χ3v) is 4.02. The van der Waals surface area contributed by atoms with Crippen LogP contribution in [0, 0.1) is 5.92 Å². The number of rotatable bonds is 9. The zero-order chi connectivity index (χ0) is 14.4. The molecule has 0 saturated carbocycles. The second-order valence-electron chi connectivity index (χ2n) is 5.57. The Morgan fingerprint density at radius 2 is 1.75 bits per heavy atom. The van der Waals surface area contributed by atoms with E-state index in [-0.39, 0.29) is 30.5 Å². The monoisotopic (exact) mass is 284 g/mol. The quantitative estimate of drug-likeness (QED) is 0.482. The van der Waals surface area contributed by atoms with Crippen LogP contribution in [0.25, 0.3) is 0 Å². The van der Waals surface area contributed by atoms with Gasteiger partial charge in [-0.3, -0.25) is 0 Å². The van der Waals surface area contributed by atoms with Gasteiger partial charge in [0.1, 0.15) is 12.2 Å². The summed E-state index contributed by atoms with van der Waals surface area (Å²) in [7, 11) is 0. The van der Waals surface area contributed by atoms with Crippen molar-refractivity contribution in [2.45, 2.75) is 64.1 Å². The normalized spacial score (nSPS) is 36.2. The van der Waals surface area contributed by atoms with Crippen molar-refractivity contribution < 1.29 is 18.9 Å². The van der Waals surface area contributed by atoms with E-state index < -0.39 is 0 Å². The van der Waals surface area contributed by atoms with E-state index >= 15 is 0 Å². The molecule has 5 atom stereocenters. The van der Waals surface area contributed by atoms with Gasteiger partial charge in [-0.05, 0) is 12.8 Å². The maximum Gasteiger partial charge on any atom is 0.185 e. The van der Waals surface area contributed by atoms with Crippen LogP contribution in [-0.4, -0.2) is 44.4 Å². The molecule has 2 rings (SSSR count). The van der Waals surface area contributed by atoms with E-state index in [1.54, 1.807) is 0 Å². The molecule has 116 valence electrons. The maximum atomic E-state index is 6.04. The molecular weight excluding hydrogens is 256 g/mol. The maximum absolute atomic E-state index is 6.04. The Morgan fingerprint density at radius 1 is 1.10 bits per heavy atom. The average Bonchev–Trinajstić information content (AvgIpc) is 2.89. The van der Waals surface area contributed by atoms with Gasteiger partial charge in [0.05, 0.1) is 12.7 Å². The van der Waals surface area contributed by atoms with Gasteiger partial charge in [-0.1, -0.05) is 32.8 Å². The predicted molar refractivity (Wildman–Crippen MR) is 77.6 cm³/mol. The largest absolute Gasteiger partial charge is 0.375 e. The van der Waals surface area contributed by atoms with Crippen LogP contribution in [0.4, 0.5) is 0 Å².